The second-order valence-electron chi connectivity index (χ2n) is 4.86. The minimum absolute atomic E-state index is 0.212. The van der Waals surface area contributed by atoms with Gasteiger partial charge in [-0.25, -0.2) is 8.78 Å². The van der Waals surface area contributed by atoms with Crippen LogP contribution in [0.25, 0.3) is 0 Å². The van der Waals surface area contributed by atoms with Gasteiger partial charge in [-0.1, -0.05) is 24.3 Å². The fraction of sp³-hybridized carbons (Fsp3) is 0.235. The molecular formula is C17H17F2NO2S. The highest BCUT2D eigenvalue weighted by atomic mass is 32.2. The normalized spacial score (nSPS) is 11.8. The number of carbonyl (C=O) groups excluding carboxylic acids is 1. The van der Waals surface area contributed by atoms with Gasteiger partial charge in [-0.05, 0) is 25.1 Å². The van der Waals surface area contributed by atoms with Gasteiger partial charge in [0.05, 0.1) is 18.0 Å². The van der Waals surface area contributed by atoms with Crippen LogP contribution in [0.3, 0.4) is 0 Å². The molecule has 0 aliphatic heterocycles. The van der Waals surface area contributed by atoms with Gasteiger partial charge in [0, 0.05) is 11.3 Å². The number of methoxy groups -OCH3 is 1. The SMILES string of the molecule is COc1ccccc1NC(=O)C(C)SCc1cccc(F)c1F. The second-order valence-corrected chi connectivity index (χ2v) is 6.18. The summed E-state index contributed by atoms with van der Waals surface area (Å²) in [4.78, 5) is 12.2. The molecule has 1 amide bonds. The second kappa shape index (κ2) is 7.97. The van der Waals surface area contributed by atoms with Crippen LogP contribution in [0.5, 0.6) is 5.75 Å². The van der Waals surface area contributed by atoms with Crippen LogP contribution < -0.4 is 10.1 Å². The van der Waals surface area contributed by atoms with E-state index in [-0.39, 0.29) is 17.2 Å². The average molecular weight is 337 g/mol. The molecule has 0 saturated carbocycles. The zero-order chi connectivity index (χ0) is 16.8. The Morgan fingerprint density at radius 1 is 1.22 bits per heavy atom. The first-order valence-electron chi connectivity index (χ1n) is 7.01. The summed E-state index contributed by atoms with van der Waals surface area (Å²) in [6.07, 6.45) is 0. The summed E-state index contributed by atoms with van der Waals surface area (Å²) in [6.45, 7) is 1.71. The number of para-hydroxylation sites is 2. The van der Waals surface area contributed by atoms with Crippen LogP contribution in [-0.4, -0.2) is 18.3 Å². The topological polar surface area (TPSA) is 38.3 Å². The molecule has 0 spiro atoms. The summed E-state index contributed by atoms with van der Waals surface area (Å²) in [7, 11) is 1.52. The van der Waals surface area contributed by atoms with Crippen LogP contribution in [0.1, 0.15) is 12.5 Å². The van der Waals surface area contributed by atoms with Gasteiger partial charge >= 0.3 is 0 Å². The van der Waals surface area contributed by atoms with E-state index >= 15 is 0 Å². The number of benzene rings is 2. The van der Waals surface area contributed by atoms with E-state index in [9.17, 15) is 13.6 Å². The third-order valence-corrected chi connectivity index (χ3v) is 4.45. The molecule has 0 aliphatic carbocycles. The molecule has 2 aromatic rings. The highest BCUT2D eigenvalue weighted by Gasteiger charge is 2.17. The number of rotatable bonds is 6. The number of nitrogens with one attached hydrogen (secondary N) is 1. The molecule has 2 aromatic carbocycles. The molecule has 6 heteroatoms. The van der Waals surface area contributed by atoms with Gasteiger partial charge in [-0.3, -0.25) is 4.79 Å². The third kappa shape index (κ3) is 4.45. The van der Waals surface area contributed by atoms with Gasteiger partial charge in [0.15, 0.2) is 11.6 Å². The zero-order valence-electron chi connectivity index (χ0n) is 12.8. The maximum absolute atomic E-state index is 13.6. The Bertz CT molecular complexity index is 694. The van der Waals surface area contributed by atoms with Crippen molar-refractivity contribution in [3.05, 3.63) is 59.7 Å². The van der Waals surface area contributed by atoms with Crippen molar-refractivity contribution in [3.8, 4) is 5.75 Å². The number of ether oxygens (including phenoxy) is 1. The molecule has 0 fully saturated rings. The standard InChI is InChI=1S/C17H17F2NO2S/c1-11(23-10-12-6-5-7-13(18)16(12)19)17(21)20-14-8-3-4-9-15(14)22-2/h3-9,11H,10H2,1-2H3,(H,20,21). The molecule has 0 aromatic heterocycles. The van der Waals surface area contributed by atoms with Crippen molar-refractivity contribution in [2.45, 2.75) is 17.9 Å². The lowest BCUT2D eigenvalue weighted by atomic mass is 10.2. The van der Waals surface area contributed by atoms with Crippen LogP contribution in [0.15, 0.2) is 42.5 Å². The van der Waals surface area contributed by atoms with E-state index in [0.29, 0.717) is 11.4 Å². The fourth-order valence-electron chi connectivity index (χ4n) is 1.93. The van der Waals surface area contributed by atoms with Crippen LogP contribution in [-0.2, 0) is 10.5 Å². The Morgan fingerprint density at radius 2 is 1.96 bits per heavy atom. The van der Waals surface area contributed by atoms with E-state index < -0.39 is 16.9 Å². The Kier molecular flexibility index (Phi) is 5.98. The average Bonchev–Trinajstić information content (AvgIpc) is 2.56. The van der Waals surface area contributed by atoms with Crippen molar-refractivity contribution in [2.75, 3.05) is 12.4 Å². The van der Waals surface area contributed by atoms with Crippen LogP contribution in [0.4, 0.5) is 14.5 Å². The number of carbonyl (C=O) groups is 1. The predicted molar refractivity (Wildman–Crippen MR) is 88.7 cm³/mol. The van der Waals surface area contributed by atoms with Gasteiger partial charge in [-0.15, -0.1) is 11.8 Å². The number of amides is 1. The summed E-state index contributed by atoms with van der Waals surface area (Å²) in [5.74, 6) is -1.19. The first-order valence-corrected chi connectivity index (χ1v) is 8.06. The number of thioether (sulfide) groups is 1. The van der Waals surface area contributed by atoms with E-state index in [2.05, 4.69) is 5.32 Å². The molecule has 0 heterocycles. The smallest absolute Gasteiger partial charge is 0.237 e. The summed E-state index contributed by atoms with van der Waals surface area (Å²) in [5, 5.41) is 2.34. The van der Waals surface area contributed by atoms with Gasteiger partial charge in [0.2, 0.25) is 5.91 Å². The molecule has 3 nitrogen and oxygen atoms in total. The number of halogens is 2. The van der Waals surface area contributed by atoms with Gasteiger partial charge in [-0.2, -0.15) is 0 Å². The van der Waals surface area contributed by atoms with Crippen LogP contribution >= 0.6 is 11.8 Å². The van der Waals surface area contributed by atoms with Crippen molar-refractivity contribution in [3.63, 3.8) is 0 Å². The summed E-state index contributed by atoms with van der Waals surface area (Å²) in [6, 6.07) is 11.1. The molecule has 1 atom stereocenters. The first-order chi connectivity index (χ1) is 11.0. The quantitative estimate of drug-likeness (QED) is 0.857. The van der Waals surface area contributed by atoms with Crippen LogP contribution in [0, 0.1) is 11.6 Å². The Balaban J connectivity index is 1.96. The molecule has 0 aliphatic rings. The highest BCUT2D eigenvalue weighted by molar-refractivity contribution is 7.99. The summed E-state index contributed by atoms with van der Waals surface area (Å²) < 4.78 is 31.9. The Morgan fingerprint density at radius 3 is 2.70 bits per heavy atom. The van der Waals surface area contributed by atoms with Crippen molar-refractivity contribution in [2.24, 2.45) is 0 Å². The lowest BCUT2D eigenvalue weighted by molar-refractivity contribution is -0.115. The van der Waals surface area contributed by atoms with Crippen molar-refractivity contribution in [1.29, 1.82) is 0 Å². The monoisotopic (exact) mass is 337 g/mol. The van der Waals surface area contributed by atoms with E-state index in [4.69, 9.17) is 4.74 Å². The van der Waals surface area contributed by atoms with Crippen molar-refractivity contribution in [1.82, 2.24) is 0 Å². The van der Waals surface area contributed by atoms with E-state index in [1.54, 1.807) is 31.2 Å². The minimum Gasteiger partial charge on any atom is -0.495 e. The van der Waals surface area contributed by atoms with Gasteiger partial charge < -0.3 is 10.1 Å². The lowest BCUT2D eigenvalue weighted by Gasteiger charge is -2.14. The zero-order valence-corrected chi connectivity index (χ0v) is 13.6. The molecule has 0 bridgehead atoms. The van der Waals surface area contributed by atoms with Crippen LogP contribution in [0.2, 0.25) is 0 Å². The maximum Gasteiger partial charge on any atom is 0.237 e. The maximum atomic E-state index is 13.6. The van der Waals surface area contributed by atoms with Crippen molar-refractivity contribution < 1.29 is 18.3 Å². The number of hydrogen-bond donors (Lipinski definition) is 1. The largest absolute Gasteiger partial charge is 0.495 e. The number of anilines is 1. The molecule has 1 N–H and O–H groups in total. The fourth-order valence-corrected chi connectivity index (χ4v) is 2.80. The van der Waals surface area contributed by atoms with Gasteiger partial charge in [0.1, 0.15) is 5.75 Å². The highest BCUT2D eigenvalue weighted by Crippen LogP contribution is 2.26. The molecule has 23 heavy (non-hydrogen) atoms. The number of hydrogen-bond acceptors (Lipinski definition) is 3. The Hall–Kier alpha value is -2.08. The summed E-state index contributed by atoms with van der Waals surface area (Å²) in [5.41, 5.74) is 0.816. The molecule has 0 saturated heterocycles. The molecule has 2 rings (SSSR count). The minimum atomic E-state index is -0.880. The van der Waals surface area contributed by atoms with E-state index in [1.165, 1.54) is 31.0 Å². The third-order valence-electron chi connectivity index (χ3n) is 3.25. The first kappa shape index (κ1) is 17.3. The summed E-state index contributed by atoms with van der Waals surface area (Å²) >= 11 is 1.23. The predicted octanol–water partition coefficient (Wildman–Crippen LogP) is 4.23. The molecule has 122 valence electrons. The van der Waals surface area contributed by atoms with Crippen molar-refractivity contribution >= 4 is 23.4 Å². The van der Waals surface area contributed by atoms with E-state index in [0.717, 1.165) is 6.07 Å². The van der Waals surface area contributed by atoms with E-state index in [1.807, 2.05) is 0 Å². The Labute approximate surface area is 138 Å². The lowest BCUT2D eigenvalue weighted by Crippen LogP contribution is -2.23. The van der Waals surface area contributed by atoms with Gasteiger partial charge in [0.25, 0.3) is 0 Å². The molecular weight excluding hydrogens is 320 g/mol. The molecule has 1 unspecified atom stereocenters. The molecule has 0 radical (unpaired) electrons.